The molecule has 1 heterocycles. The van der Waals surface area contributed by atoms with Crippen molar-refractivity contribution in [2.45, 2.75) is 0 Å². The second-order valence-corrected chi connectivity index (χ2v) is 2.91. The number of aromatic nitrogens is 1. The Kier molecular flexibility index (Phi) is 2.42. The smallest absolute Gasteiger partial charge is 0.0605 e. The van der Waals surface area contributed by atoms with Crippen molar-refractivity contribution in [1.29, 1.82) is 0 Å². The molecule has 0 saturated heterocycles. The van der Waals surface area contributed by atoms with Crippen LogP contribution < -0.4 is 10.9 Å². The van der Waals surface area contributed by atoms with Crippen LogP contribution in [0.4, 0.5) is 11.4 Å². The second kappa shape index (κ2) is 3.89. The maximum absolute atomic E-state index is 5.92. The number of benzene rings is 1. The highest BCUT2D eigenvalue weighted by Gasteiger charge is 2.01. The van der Waals surface area contributed by atoms with Crippen LogP contribution in [0.3, 0.4) is 0 Å². The van der Waals surface area contributed by atoms with Crippen molar-refractivity contribution in [2.75, 3.05) is 5.01 Å². The topological polar surface area (TPSA) is 42.1 Å². The van der Waals surface area contributed by atoms with E-state index in [1.807, 2.05) is 42.5 Å². The first-order valence-electron chi connectivity index (χ1n) is 4.38. The zero-order chi connectivity index (χ0) is 9.80. The molecule has 1 aromatic heterocycles. The molecule has 0 amide bonds. The van der Waals surface area contributed by atoms with E-state index in [0.29, 0.717) is 0 Å². The van der Waals surface area contributed by atoms with Gasteiger partial charge in [-0.15, -0.1) is 0 Å². The minimum Gasteiger partial charge on any atom is -0.280 e. The average molecular weight is 185 g/mol. The highest BCUT2D eigenvalue weighted by Crippen LogP contribution is 2.19. The van der Waals surface area contributed by atoms with Gasteiger partial charge in [0.15, 0.2) is 0 Å². The highest BCUT2D eigenvalue weighted by molar-refractivity contribution is 5.60. The molecule has 3 heteroatoms. The summed E-state index contributed by atoms with van der Waals surface area (Å²) in [6, 6.07) is 13.5. The van der Waals surface area contributed by atoms with Crippen LogP contribution >= 0.6 is 0 Å². The van der Waals surface area contributed by atoms with Crippen LogP contribution in [0.15, 0.2) is 54.9 Å². The van der Waals surface area contributed by atoms with Crippen molar-refractivity contribution in [3.8, 4) is 0 Å². The highest BCUT2D eigenvalue weighted by atomic mass is 15.4. The molecule has 0 aliphatic rings. The van der Waals surface area contributed by atoms with Gasteiger partial charge in [0.1, 0.15) is 0 Å². The Morgan fingerprint density at radius 3 is 2.07 bits per heavy atom. The van der Waals surface area contributed by atoms with Gasteiger partial charge >= 0.3 is 0 Å². The molecule has 0 radical (unpaired) electrons. The first-order chi connectivity index (χ1) is 6.88. The minimum absolute atomic E-state index is 0.922. The Balaban J connectivity index is 2.30. The number of hydrogen-bond donors (Lipinski definition) is 1. The van der Waals surface area contributed by atoms with Crippen molar-refractivity contribution in [3.05, 3.63) is 54.9 Å². The van der Waals surface area contributed by atoms with E-state index in [1.54, 1.807) is 17.4 Å². The lowest BCUT2D eigenvalue weighted by Crippen LogP contribution is -2.24. The van der Waals surface area contributed by atoms with E-state index in [0.717, 1.165) is 11.4 Å². The molecule has 3 nitrogen and oxygen atoms in total. The summed E-state index contributed by atoms with van der Waals surface area (Å²) in [5.74, 6) is 5.92. The first kappa shape index (κ1) is 8.72. The van der Waals surface area contributed by atoms with E-state index in [-0.39, 0.29) is 0 Å². The molecule has 2 N–H and O–H groups in total. The molecule has 0 unspecified atom stereocenters. The minimum atomic E-state index is 0.922. The number of para-hydroxylation sites is 1. The summed E-state index contributed by atoms with van der Waals surface area (Å²) in [4.78, 5) is 3.94. The van der Waals surface area contributed by atoms with Gasteiger partial charge in [-0.2, -0.15) is 0 Å². The van der Waals surface area contributed by atoms with Crippen LogP contribution in [-0.4, -0.2) is 4.98 Å². The second-order valence-electron chi connectivity index (χ2n) is 2.91. The van der Waals surface area contributed by atoms with Gasteiger partial charge in [0, 0.05) is 12.4 Å². The molecular formula is C11H11N3. The van der Waals surface area contributed by atoms with Gasteiger partial charge in [-0.1, -0.05) is 18.2 Å². The van der Waals surface area contributed by atoms with Crippen LogP contribution in [-0.2, 0) is 0 Å². The fourth-order valence-corrected chi connectivity index (χ4v) is 1.24. The lowest BCUT2D eigenvalue weighted by atomic mass is 10.3. The Labute approximate surface area is 82.8 Å². The number of hydrogen-bond acceptors (Lipinski definition) is 3. The predicted molar refractivity (Wildman–Crippen MR) is 57.0 cm³/mol. The van der Waals surface area contributed by atoms with Gasteiger partial charge in [0.2, 0.25) is 0 Å². The lowest BCUT2D eigenvalue weighted by Gasteiger charge is -2.17. The summed E-state index contributed by atoms with van der Waals surface area (Å²) in [5.41, 5.74) is 1.88. The third kappa shape index (κ3) is 1.72. The zero-order valence-electron chi connectivity index (χ0n) is 7.67. The summed E-state index contributed by atoms with van der Waals surface area (Å²) >= 11 is 0. The fourth-order valence-electron chi connectivity index (χ4n) is 1.24. The summed E-state index contributed by atoms with van der Waals surface area (Å²) in [5, 5.41) is 1.63. The van der Waals surface area contributed by atoms with Crippen LogP contribution in [0, 0.1) is 0 Å². The Morgan fingerprint density at radius 2 is 1.43 bits per heavy atom. The molecular weight excluding hydrogens is 174 g/mol. The molecule has 0 bridgehead atoms. The van der Waals surface area contributed by atoms with Crippen molar-refractivity contribution >= 4 is 11.4 Å². The average Bonchev–Trinajstić information content (AvgIpc) is 2.30. The number of anilines is 2. The Morgan fingerprint density at radius 1 is 0.857 bits per heavy atom. The first-order valence-corrected chi connectivity index (χ1v) is 4.38. The standard InChI is InChI=1S/C11H11N3/c12-14(10-4-2-1-3-5-10)11-6-8-13-9-7-11/h1-9H,12H2. The maximum atomic E-state index is 5.92. The molecule has 0 aliphatic heterocycles. The lowest BCUT2D eigenvalue weighted by molar-refractivity contribution is 1.08. The van der Waals surface area contributed by atoms with Crippen molar-refractivity contribution in [2.24, 2.45) is 5.84 Å². The third-order valence-corrected chi connectivity index (χ3v) is 1.98. The van der Waals surface area contributed by atoms with E-state index >= 15 is 0 Å². The van der Waals surface area contributed by atoms with E-state index < -0.39 is 0 Å². The molecule has 0 aliphatic carbocycles. The molecule has 0 spiro atoms. The number of hydrazine groups is 1. The van der Waals surface area contributed by atoms with Gasteiger partial charge in [-0.3, -0.25) is 9.99 Å². The fraction of sp³-hybridized carbons (Fsp3) is 0. The number of nitrogens with zero attached hydrogens (tertiary/aromatic N) is 2. The largest absolute Gasteiger partial charge is 0.280 e. The number of pyridine rings is 1. The molecule has 0 fully saturated rings. The SMILES string of the molecule is NN(c1ccccc1)c1ccncc1. The van der Waals surface area contributed by atoms with E-state index in [9.17, 15) is 0 Å². The van der Waals surface area contributed by atoms with E-state index in [4.69, 9.17) is 5.84 Å². The molecule has 2 aromatic rings. The van der Waals surface area contributed by atoms with Crippen LogP contribution in [0.2, 0.25) is 0 Å². The van der Waals surface area contributed by atoms with Gasteiger partial charge in [0.25, 0.3) is 0 Å². The van der Waals surface area contributed by atoms with E-state index in [2.05, 4.69) is 4.98 Å². The van der Waals surface area contributed by atoms with Crippen molar-refractivity contribution in [3.63, 3.8) is 0 Å². The van der Waals surface area contributed by atoms with E-state index in [1.165, 1.54) is 0 Å². The van der Waals surface area contributed by atoms with Gasteiger partial charge < -0.3 is 0 Å². The monoisotopic (exact) mass is 185 g/mol. The molecule has 14 heavy (non-hydrogen) atoms. The van der Waals surface area contributed by atoms with Gasteiger partial charge in [-0.25, -0.2) is 5.84 Å². The number of nitrogens with two attached hydrogens (primary N) is 1. The molecule has 1 aromatic carbocycles. The van der Waals surface area contributed by atoms with Crippen molar-refractivity contribution in [1.82, 2.24) is 4.98 Å². The van der Waals surface area contributed by atoms with Gasteiger partial charge in [0.05, 0.1) is 11.4 Å². The summed E-state index contributed by atoms with van der Waals surface area (Å²) in [6.07, 6.45) is 3.44. The van der Waals surface area contributed by atoms with Crippen LogP contribution in [0.25, 0.3) is 0 Å². The molecule has 0 atom stereocenters. The zero-order valence-corrected chi connectivity index (χ0v) is 7.67. The summed E-state index contributed by atoms with van der Waals surface area (Å²) in [7, 11) is 0. The summed E-state index contributed by atoms with van der Waals surface area (Å²) < 4.78 is 0. The molecule has 0 saturated carbocycles. The van der Waals surface area contributed by atoms with Crippen LogP contribution in [0.5, 0.6) is 0 Å². The number of rotatable bonds is 2. The Hall–Kier alpha value is -1.87. The third-order valence-electron chi connectivity index (χ3n) is 1.98. The Bertz CT molecular complexity index is 346. The predicted octanol–water partition coefficient (Wildman–Crippen LogP) is 2.09. The van der Waals surface area contributed by atoms with Crippen molar-refractivity contribution < 1.29 is 0 Å². The maximum Gasteiger partial charge on any atom is 0.0605 e. The summed E-state index contributed by atoms with van der Waals surface area (Å²) in [6.45, 7) is 0. The van der Waals surface area contributed by atoms with Gasteiger partial charge in [-0.05, 0) is 24.3 Å². The quantitative estimate of drug-likeness (QED) is 0.575. The molecule has 70 valence electrons. The van der Waals surface area contributed by atoms with Crippen LogP contribution in [0.1, 0.15) is 0 Å². The molecule has 2 rings (SSSR count). The normalized spacial score (nSPS) is 9.79.